The third kappa shape index (κ3) is 5.43. The number of carbonyl (C=O) groups is 2. The van der Waals surface area contributed by atoms with Crippen LogP contribution in [0.2, 0.25) is 0 Å². The van der Waals surface area contributed by atoms with E-state index in [2.05, 4.69) is 0 Å². The van der Waals surface area contributed by atoms with Crippen molar-refractivity contribution in [2.75, 3.05) is 27.2 Å². The third-order valence-corrected chi connectivity index (χ3v) is 5.15. The molecular formula is C21H19F3N2O3S. The lowest BCUT2D eigenvalue weighted by Gasteiger charge is -2.15. The summed E-state index contributed by atoms with van der Waals surface area (Å²) < 4.78 is 43.4. The summed E-state index contributed by atoms with van der Waals surface area (Å²) >= 11 is 0.895. The van der Waals surface area contributed by atoms with Crippen LogP contribution in [0.1, 0.15) is 11.1 Å². The minimum absolute atomic E-state index is 0.276. The number of halogens is 3. The number of ether oxygens (including phenoxy) is 1. The molecule has 158 valence electrons. The van der Waals surface area contributed by atoms with Gasteiger partial charge in [-0.2, -0.15) is 13.2 Å². The highest BCUT2D eigenvalue weighted by atomic mass is 32.2. The lowest BCUT2D eigenvalue weighted by atomic mass is 10.2. The number of imide groups is 1. The van der Waals surface area contributed by atoms with Crippen LogP contribution in [0.15, 0.2) is 53.4 Å². The Balaban J connectivity index is 1.66. The topological polar surface area (TPSA) is 49.9 Å². The minimum Gasteiger partial charge on any atom is -0.457 e. The van der Waals surface area contributed by atoms with E-state index in [1.807, 2.05) is 19.0 Å². The van der Waals surface area contributed by atoms with Crippen molar-refractivity contribution in [1.82, 2.24) is 9.80 Å². The Morgan fingerprint density at radius 3 is 2.10 bits per heavy atom. The van der Waals surface area contributed by atoms with Crippen molar-refractivity contribution in [2.24, 2.45) is 0 Å². The number of likely N-dealkylation sites (N-methyl/N-ethyl adjacent to an activating group) is 1. The first-order valence-corrected chi connectivity index (χ1v) is 9.80. The van der Waals surface area contributed by atoms with Crippen LogP contribution in [-0.2, 0) is 11.0 Å². The zero-order valence-corrected chi connectivity index (χ0v) is 17.1. The number of nitrogens with zero attached hydrogens (tertiary/aromatic N) is 2. The fourth-order valence-corrected chi connectivity index (χ4v) is 3.49. The fraction of sp³-hybridized carbons (Fsp3) is 0.238. The highest BCUT2D eigenvalue weighted by molar-refractivity contribution is 8.18. The summed E-state index contributed by atoms with van der Waals surface area (Å²) in [6, 6.07) is 11.1. The van der Waals surface area contributed by atoms with Crippen molar-refractivity contribution in [3.8, 4) is 11.5 Å². The summed E-state index contributed by atoms with van der Waals surface area (Å²) in [5, 5.41) is -0.296. The molecule has 5 nitrogen and oxygen atoms in total. The molecule has 0 bridgehead atoms. The molecule has 0 saturated carbocycles. The smallest absolute Gasteiger partial charge is 0.416 e. The number of rotatable bonds is 6. The molecule has 2 aromatic carbocycles. The maximum atomic E-state index is 12.6. The SMILES string of the molecule is CN(C)CCN1C(=O)S/C(=C\c2ccc(Oc3ccc(C(F)(F)F)cc3)cc2)C1=O. The zero-order chi connectivity index (χ0) is 21.9. The van der Waals surface area contributed by atoms with Gasteiger partial charge in [0.1, 0.15) is 11.5 Å². The normalized spacial score (nSPS) is 16.1. The summed E-state index contributed by atoms with van der Waals surface area (Å²) in [6.45, 7) is 0.913. The van der Waals surface area contributed by atoms with Crippen LogP contribution >= 0.6 is 11.8 Å². The average Bonchev–Trinajstić information content (AvgIpc) is 2.94. The Bertz CT molecular complexity index is 955. The van der Waals surface area contributed by atoms with E-state index in [-0.39, 0.29) is 16.9 Å². The van der Waals surface area contributed by atoms with Crippen molar-refractivity contribution in [3.05, 3.63) is 64.6 Å². The average molecular weight is 436 g/mol. The highest BCUT2D eigenvalue weighted by Crippen LogP contribution is 2.33. The molecule has 0 radical (unpaired) electrons. The lowest BCUT2D eigenvalue weighted by molar-refractivity contribution is -0.137. The molecule has 2 aromatic rings. The van der Waals surface area contributed by atoms with E-state index in [0.717, 1.165) is 23.9 Å². The van der Waals surface area contributed by atoms with Gasteiger partial charge in [-0.15, -0.1) is 0 Å². The molecule has 0 atom stereocenters. The quantitative estimate of drug-likeness (QED) is 0.590. The van der Waals surface area contributed by atoms with Gasteiger partial charge in [0.15, 0.2) is 0 Å². The fourth-order valence-electron chi connectivity index (χ4n) is 2.62. The number of alkyl halides is 3. The van der Waals surface area contributed by atoms with Crippen LogP contribution in [0.25, 0.3) is 6.08 Å². The van der Waals surface area contributed by atoms with Gasteiger partial charge in [-0.3, -0.25) is 14.5 Å². The molecule has 0 aromatic heterocycles. The van der Waals surface area contributed by atoms with Gasteiger partial charge in [0.2, 0.25) is 0 Å². The van der Waals surface area contributed by atoms with Gasteiger partial charge in [-0.25, -0.2) is 0 Å². The Morgan fingerprint density at radius 2 is 1.57 bits per heavy atom. The molecule has 0 spiro atoms. The van der Waals surface area contributed by atoms with Gasteiger partial charge in [0.05, 0.1) is 10.5 Å². The van der Waals surface area contributed by atoms with Crippen LogP contribution < -0.4 is 4.74 Å². The first kappa shape index (κ1) is 21.9. The standard InChI is InChI=1S/C21H19F3N2O3S/c1-25(2)11-12-26-19(27)18(30-20(26)28)13-14-3-7-16(8-4-14)29-17-9-5-15(6-10-17)21(22,23)24/h3-10,13H,11-12H2,1-2H3/b18-13-. The Morgan fingerprint density at radius 1 is 1.00 bits per heavy atom. The molecule has 1 aliphatic rings. The van der Waals surface area contributed by atoms with Crippen LogP contribution in [-0.4, -0.2) is 48.1 Å². The van der Waals surface area contributed by atoms with Gasteiger partial charge >= 0.3 is 6.18 Å². The molecular weight excluding hydrogens is 417 g/mol. The van der Waals surface area contributed by atoms with Crippen molar-refractivity contribution >= 4 is 29.0 Å². The maximum absolute atomic E-state index is 12.6. The Labute approximate surface area is 176 Å². The molecule has 1 fully saturated rings. The second kappa shape index (κ2) is 8.93. The zero-order valence-electron chi connectivity index (χ0n) is 16.3. The summed E-state index contributed by atoms with van der Waals surface area (Å²) in [4.78, 5) is 27.9. The van der Waals surface area contributed by atoms with Crippen molar-refractivity contribution in [3.63, 3.8) is 0 Å². The molecule has 1 saturated heterocycles. The summed E-state index contributed by atoms with van der Waals surface area (Å²) in [6.07, 6.45) is -2.77. The Hall–Kier alpha value is -2.78. The summed E-state index contributed by atoms with van der Waals surface area (Å²) in [7, 11) is 3.73. The molecule has 0 unspecified atom stereocenters. The van der Waals surface area contributed by atoms with Crippen LogP contribution in [0, 0.1) is 0 Å². The molecule has 0 aliphatic carbocycles. The summed E-state index contributed by atoms with van der Waals surface area (Å²) in [5.74, 6) is 0.390. The van der Waals surface area contributed by atoms with E-state index >= 15 is 0 Å². The van der Waals surface area contributed by atoms with E-state index in [9.17, 15) is 22.8 Å². The van der Waals surface area contributed by atoms with E-state index < -0.39 is 11.7 Å². The number of amides is 2. The van der Waals surface area contributed by atoms with Crippen molar-refractivity contribution in [2.45, 2.75) is 6.18 Å². The van der Waals surface area contributed by atoms with Crippen molar-refractivity contribution < 1.29 is 27.5 Å². The Kier molecular flexibility index (Phi) is 6.52. The molecule has 1 aliphatic heterocycles. The second-order valence-electron chi connectivity index (χ2n) is 6.83. The second-order valence-corrected chi connectivity index (χ2v) is 7.82. The minimum atomic E-state index is -4.40. The highest BCUT2D eigenvalue weighted by Gasteiger charge is 2.34. The van der Waals surface area contributed by atoms with Crippen LogP contribution in [0.4, 0.5) is 18.0 Å². The van der Waals surface area contributed by atoms with E-state index in [1.54, 1.807) is 30.3 Å². The van der Waals surface area contributed by atoms with Crippen LogP contribution in [0.5, 0.6) is 11.5 Å². The van der Waals surface area contributed by atoms with E-state index in [0.29, 0.717) is 29.3 Å². The van der Waals surface area contributed by atoms with Gasteiger partial charge < -0.3 is 9.64 Å². The largest absolute Gasteiger partial charge is 0.457 e. The number of thioether (sulfide) groups is 1. The van der Waals surface area contributed by atoms with E-state index in [4.69, 9.17) is 4.74 Å². The molecule has 1 heterocycles. The predicted octanol–water partition coefficient (Wildman–Crippen LogP) is 5.10. The predicted molar refractivity (Wildman–Crippen MR) is 109 cm³/mol. The molecule has 9 heteroatoms. The monoisotopic (exact) mass is 436 g/mol. The van der Waals surface area contributed by atoms with Gasteiger partial charge in [-0.1, -0.05) is 12.1 Å². The number of hydrogen-bond acceptors (Lipinski definition) is 5. The molecule has 30 heavy (non-hydrogen) atoms. The van der Waals surface area contributed by atoms with Gasteiger partial charge in [-0.05, 0) is 73.9 Å². The first-order valence-electron chi connectivity index (χ1n) is 8.99. The van der Waals surface area contributed by atoms with Crippen molar-refractivity contribution in [1.29, 1.82) is 0 Å². The van der Waals surface area contributed by atoms with E-state index in [1.165, 1.54) is 17.0 Å². The van der Waals surface area contributed by atoms with Gasteiger partial charge in [0, 0.05) is 13.1 Å². The third-order valence-electron chi connectivity index (χ3n) is 4.24. The molecule has 2 amide bonds. The number of benzene rings is 2. The lowest BCUT2D eigenvalue weighted by Crippen LogP contribution is -2.34. The van der Waals surface area contributed by atoms with Crippen LogP contribution in [0.3, 0.4) is 0 Å². The molecule has 0 N–H and O–H groups in total. The number of carbonyl (C=O) groups excluding carboxylic acids is 2. The summed E-state index contributed by atoms with van der Waals surface area (Å²) in [5.41, 5.74) is -0.0439. The number of hydrogen-bond donors (Lipinski definition) is 0. The molecule has 3 rings (SSSR count). The maximum Gasteiger partial charge on any atom is 0.416 e. The first-order chi connectivity index (χ1) is 14.1. The van der Waals surface area contributed by atoms with Gasteiger partial charge in [0.25, 0.3) is 11.1 Å².